The van der Waals surface area contributed by atoms with Crippen molar-refractivity contribution in [1.82, 2.24) is 0 Å². The highest BCUT2D eigenvalue weighted by molar-refractivity contribution is 6.07. The molecule has 0 radical (unpaired) electrons. The van der Waals surface area contributed by atoms with Crippen LogP contribution in [0.3, 0.4) is 0 Å². The van der Waals surface area contributed by atoms with Crippen LogP contribution in [0.25, 0.3) is 0 Å². The number of hydrogen-bond donors (Lipinski definition) is 1. The van der Waals surface area contributed by atoms with E-state index in [1.807, 2.05) is 30.3 Å². The summed E-state index contributed by atoms with van der Waals surface area (Å²) in [5.41, 5.74) is 3.11. The molecule has 1 heterocycles. The van der Waals surface area contributed by atoms with Crippen LogP contribution in [0.2, 0.25) is 0 Å². The van der Waals surface area contributed by atoms with Crippen LogP contribution < -0.4 is 10.2 Å². The fourth-order valence-electron chi connectivity index (χ4n) is 2.32. The van der Waals surface area contributed by atoms with Crippen LogP contribution >= 0.6 is 0 Å². The molecule has 0 spiro atoms. The highest BCUT2D eigenvalue weighted by Crippen LogP contribution is 2.25. The summed E-state index contributed by atoms with van der Waals surface area (Å²) in [5.74, 6) is -0.112. The number of amides is 2. The summed E-state index contributed by atoms with van der Waals surface area (Å²) in [4.78, 5) is 25.4. The Labute approximate surface area is 117 Å². The van der Waals surface area contributed by atoms with E-state index in [4.69, 9.17) is 0 Å². The molecule has 4 nitrogen and oxygen atoms in total. The lowest BCUT2D eigenvalue weighted by molar-refractivity contribution is -0.115. The lowest BCUT2D eigenvalue weighted by Gasteiger charge is -2.17. The molecule has 100 valence electrons. The quantitative estimate of drug-likeness (QED) is 0.907. The fraction of sp³-hybridized carbons (Fsp3) is 0.125. The molecule has 0 unspecified atom stereocenters. The van der Waals surface area contributed by atoms with Gasteiger partial charge in [-0.15, -0.1) is 0 Å². The molecule has 0 bridgehead atoms. The second-order valence-corrected chi connectivity index (χ2v) is 4.80. The van der Waals surface area contributed by atoms with E-state index >= 15 is 0 Å². The van der Waals surface area contributed by atoms with Gasteiger partial charge in [-0.1, -0.05) is 18.2 Å². The predicted molar refractivity (Wildman–Crippen MR) is 78.0 cm³/mol. The first-order valence-corrected chi connectivity index (χ1v) is 6.41. The molecule has 3 rings (SSSR count). The highest BCUT2D eigenvalue weighted by Gasteiger charge is 2.20. The molecule has 1 aliphatic heterocycles. The molecule has 0 aromatic heterocycles. The van der Waals surface area contributed by atoms with Gasteiger partial charge < -0.3 is 10.2 Å². The fourth-order valence-corrected chi connectivity index (χ4v) is 2.32. The Hall–Kier alpha value is -2.62. The number of rotatable bonds is 2. The third kappa shape index (κ3) is 2.16. The zero-order valence-electron chi connectivity index (χ0n) is 11.1. The van der Waals surface area contributed by atoms with Crippen LogP contribution in [0, 0.1) is 0 Å². The highest BCUT2D eigenvalue weighted by atomic mass is 16.2. The van der Waals surface area contributed by atoms with Gasteiger partial charge in [0.25, 0.3) is 5.91 Å². The van der Waals surface area contributed by atoms with E-state index in [-0.39, 0.29) is 11.8 Å². The average Bonchev–Trinajstić information content (AvgIpc) is 2.85. The van der Waals surface area contributed by atoms with E-state index in [2.05, 4.69) is 5.32 Å². The minimum Gasteiger partial charge on any atom is -0.326 e. The Kier molecular flexibility index (Phi) is 2.99. The summed E-state index contributed by atoms with van der Waals surface area (Å²) in [6.45, 7) is 0. The van der Waals surface area contributed by atoms with Crippen LogP contribution in [0.1, 0.15) is 15.9 Å². The van der Waals surface area contributed by atoms with Crippen molar-refractivity contribution in [3.8, 4) is 0 Å². The van der Waals surface area contributed by atoms with Crippen molar-refractivity contribution in [3.05, 3.63) is 59.7 Å². The molecule has 4 heteroatoms. The van der Waals surface area contributed by atoms with Crippen LogP contribution in [0.4, 0.5) is 11.4 Å². The number of carbonyl (C=O) groups excluding carboxylic acids is 2. The van der Waals surface area contributed by atoms with Crippen LogP contribution in [0.5, 0.6) is 0 Å². The second kappa shape index (κ2) is 4.81. The molecule has 0 aliphatic carbocycles. The van der Waals surface area contributed by atoms with Crippen LogP contribution in [-0.2, 0) is 11.2 Å². The van der Waals surface area contributed by atoms with Crippen LogP contribution in [-0.4, -0.2) is 18.9 Å². The largest absolute Gasteiger partial charge is 0.326 e. The van der Waals surface area contributed by atoms with Gasteiger partial charge in [0.2, 0.25) is 5.91 Å². The van der Waals surface area contributed by atoms with Crippen molar-refractivity contribution in [2.75, 3.05) is 17.3 Å². The minimum absolute atomic E-state index is 0.0268. The summed E-state index contributed by atoms with van der Waals surface area (Å²) in [7, 11) is 1.74. The first-order chi connectivity index (χ1) is 9.65. The summed E-state index contributed by atoms with van der Waals surface area (Å²) >= 11 is 0. The first-order valence-electron chi connectivity index (χ1n) is 6.41. The van der Waals surface area contributed by atoms with Crippen molar-refractivity contribution in [3.63, 3.8) is 0 Å². The van der Waals surface area contributed by atoms with Gasteiger partial charge in [-0.05, 0) is 35.9 Å². The summed E-state index contributed by atoms with van der Waals surface area (Å²) in [5, 5.41) is 2.76. The van der Waals surface area contributed by atoms with Gasteiger partial charge >= 0.3 is 0 Å². The molecule has 0 saturated heterocycles. The van der Waals surface area contributed by atoms with Crippen molar-refractivity contribution in [2.45, 2.75) is 6.42 Å². The van der Waals surface area contributed by atoms with E-state index < -0.39 is 0 Å². The predicted octanol–water partition coefficient (Wildman–Crippen LogP) is 2.46. The maximum Gasteiger partial charge on any atom is 0.258 e. The normalized spacial score (nSPS) is 12.8. The molecular formula is C16H14N2O2. The van der Waals surface area contributed by atoms with Crippen molar-refractivity contribution in [2.24, 2.45) is 0 Å². The Bertz CT molecular complexity index is 680. The number of anilines is 2. The smallest absolute Gasteiger partial charge is 0.258 e. The maximum absolute atomic E-state index is 12.4. The standard InChI is InChI=1S/C16H14N2O2/c1-18(13-5-3-2-4-6-13)16(20)11-7-8-14-12(9-11)10-15(19)17-14/h2-9H,10H2,1H3,(H,17,19). The zero-order valence-corrected chi connectivity index (χ0v) is 11.1. The van der Waals surface area contributed by atoms with Gasteiger partial charge in [0.05, 0.1) is 6.42 Å². The summed E-state index contributed by atoms with van der Waals surface area (Å²) in [6, 6.07) is 14.8. The van der Waals surface area contributed by atoms with E-state index in [0.29, 0.717) is 12.0 Å². The number of carbonyl (C=O) groups is 2. The van der Waals surface area contributed by atoms with Crippen molar-refractivity contribution in [1.29, 1.82) is 0 Å². The molecule has 2 aromatic carbocycles. The molecule has 0 atom stereocenters. The van der Waals surface area contributed by atoms with Gasteiger partial charge in [0.1, 0.15) is 0 Å². The number of nitrogens with zero attached hydrogens (tertiary/aromatic N) is 1. The topological polar surface area (TPSA) is 49.4 Å². The van der Waals surface area contributed by atoms with E-state index in [9.17, 15) is 9.59 Å². The number of fused-ring (bicyclic) bond motifs is 1. The molecular weight excluding hydrogens is 252 g/mol. The number of nitrogens with one attached hydrogen (secondary N) is 1. The zero-order chi connectivity index (χ0) is 14.1. The van der Waals surface area contributed by atoms with Gasteiger partial charge in [-0.25, -0.2) is 0 Å². The molecule has 20 heavy (non-hydrogen) atoms. The number of benzene rings is 2. The Morgan fingerprint density at radius 1 is 1.15 bits per heavy atom. The Morgan fingerprint density at radius 3 is 2.65 bits per heavy atom. The molecule has 1 N–H and O–H groups in total. The van der Waals surface area contributed by atoms with Gasteiger partial charge in [-0.3, -0.25) is 9.59 Å². The average molecular weight is 266 g/mol. The van der Waals surface area contributed by atoms with E-state index in [1.54, 1.807) is 30.1 Å². The van der Waals surface area contributed by atoms with E-state index in [1.165, 1.54) is 0 Å². The molecule has 2 aromatic rings. The minimum atomic E-state index is -0.0849. The Morgan fingerprint density at radius 2 is 1.90 bits per heavy atom. The molecule has 0 fully saturated rings. The second-order valence-electron chi connectivity index (χ2n) is 4.80. The third-order valence-corrected chi connectivity index (χ3v) is 3.43. The maximum atomic E-state index is 12.4. The first kappa shape index (κ1) is 12.4. The number of hydrogen-bond acceptors (Lipinski definition) is 2. The Balaban J connectivity index is 1.88. The van der Waals surface area contributed by atoms with Crippen molar-refractivity contribution < 1.29 is 9.59 Å². The monoisotopic (exact) mass is 266 g/mol. The molecule has 0 saturated carbocycles. The molecule has 2 amide bonds. The SMILES string of the molecule is CN(C(=O)c1ccc2c(c1)CC(=O)N2)c1ccccc1. The molecule has 1 aliphatic rings. The van der Waals surface area contributed by atoms with Gasteiger partial charge in [0, 0.05) is 24.0 Å². The van der Waals surface area contributed by atoms with Crippen LogP contribution in [0.15, 0.2) is 48.5 Å². The summed E-state index contributed by atoms with van der Waals surface area (Å²) in [6.07, 6.45) is 0.339. The van der Waals surface area contributed by atoms with Gasteiger partial charge in [-0.2, -0.15) is 0 Å². The third-order valence-electron chi connectivity index (χ3n) is 3.43. The lowest BCUT2D eigenvalue weighted by atomic mass is 10.1. The van der Waals surface area contributed by atoms with E-state index in [0.717, 1.165) is 16.9 Å². The van der Waals surface area contributed by atoms with Gasteiger partial charge in [0.15, 0.2) is 0 Å². The lowest BCUT2D eigenvalue weighted by Crippen LogP contribution is -2.26. The number of para-hydroxylation sites is 1. The summed E-state index contributed by atoms with van der Waals surface area (Å²) < 4.78 is 0. The van der Waals surface area contributed by atoms with Crippen molar-refractivity contribution >= 4 is 23.2 Å².